The number of ketones is 1. The van der Waals surface area contributed by atoms with Crippen molar-refractivity contribution in [2.45, 2.75) is 97.6 Å². The molecule has 1 nitrogen and oxygen atoms in total. The topological polar surface area (TPSA) is 17.1 Å². The zero-order valence-electron chi connectivity index (χ0n) is 16.8. The summed E-state index contributed by atoms with van der Waals surface area (Å²) in [5, 5.41) is 0. The van der Waals surface area contributed by atoms with Crippen molar-refractivity contribution in [3.8, 4) is 0 Å². The van der Waals surface area contributed by atoms with Gasteiger partial charge in [-0.05, 0) is 32.1 Å². The molecule has 0 heterocycles. The van der Waals surface area contributed by atoms with Crippen molar-refractivity contribution in [1.82, 2.24) is 0 Å². The van der Waals surface area contributed by atoms with Crippen molar-refractivity contribution < 1.29 is 18.0 Å². The lowest BCUT2D eigenvalue weighted by Crippen LogP contribution is -2.22. The molecule has 0 aromatic carbocycles. The number of carbonyl (C=O) groups is 1. The van der Waals surface area contributed by atoms with Gasteiger partial charge in [0, 0.05) is 6.42 Å². The van der Waals surface area contributed by atoms with Gasteiger partial charge in [-0.15, -0.1) is 0 Å². The van der Waals surface area contributed by atoms with Crippen molar-refractivity contribution >= 4 is 5.78 Å². The lowest BCUT2D eigenvalue weighted by Gasteiger charge is -2.02. The summed E-state index contributed by atoms with van der Waals surface area (Å²) in [6, 6.07) is 0. The second-order valence-electron chi connectivity index (χ2n) is 6.17. The molecule has 4 heteroatoms. The largest absolute Gasteiger partial charge is 0.449 e. The molecule has 0 fully saturated rings. The zero-order valence-corrected chi connectivity index (χ0v) is 16.8. The highest BCUT2D eigenvalue weighted by atomic mass is 19.4. The van der Waals surface area contributed by atoms with Crippen LogP contribution in [0.5, 0.6) is 0 Å². The Morgan fingerprint density at radius 2 is 1.23 bits per heavy atom. The third kappa shape index (κ3) is 22.7. The van der Waals surface area contributed by atoms with E-state index in [-0.39, 0.29) is 6.42 Å². The molecule has 152 valence electrons. The van der Waals surface area contributed by atoms with E-state index < -0.39 is 18.4 Å². The van der Waals surface area contributed by atoms with Crippen LogP contribution in [-0.2, 0) is 4.79 Å². The number of allylic oxidation sites excluding steroid dienone is 6. The van der Waals surface area contributed by atoms with Gasteiger partial charge in [-0.2, -0.15) is 13.2 Å². The zero-order chi connectivity index (χ0) is 20.1. The van der Waals surface area contributed by atoms with Crippen LogP contribution in [0.4, 0.5) is 13.2 Å². The molecule has 0 radical (unpaired) electrons. The Labute approximate surface area is 158 Å². The van der Waals surface area contributed by atoms with Gasteiger partial charge in [0.25, 0.3) is 0 Å². The maximum atomic E-state index is 11.9. The highest BCUT2D eigenvalue weighted by Gasteiger charge is 2.36. The van der Waals surface area contributed by atoms with Gasteiger partial charge in [0.05, 0.1) is 0 Å². The molecule has 0 atom stereocenters. The molecule has 0 aliphatic carbocycles. The minimum atomic E-state index is -4.68. The van der Waals surface area contributed by atoms with Gasteiger partial charge in [-0.25, -0.2) is 0 Å². The number of alkyl halides is 3. The number of rotatable bonds is 13. The minimum Gasteiger partial charge on any atom is -0.290 e. The highest BCUT2D eigenvalue weighted by molar-refractivity contribution is 5.83. The summed E-state index contributed by atoms with van der Waals surface area (Å²) in [7, 11) is 0. The Balaban J connectivity index is 0. The van der Waals surface area contributed by atoms with Crippen LogP contribution in [0.1, 0.15) is 91.4 Å². The second-order valence-corrected chi connectivity index (χ2v) is 6.17. The third-order valence-corrected chi connectivity index (χ3v) is 3.58. The van der Waals surface area contributed by atoms with Crippen molar-refractivity contribution in [2.75, 3.05) is 0 Å². The van der Waals surface area contributed by atoms with Gasteiger partial charge in [0.1, 0.15) is 0 Å². The fourth-order valence-corrected chi connectivity index (χ4v) is 2.03. The minimum absolute atomic E-state index is 0.248. The van der Waals surface area contributed by atoms with Crippen LogP contribution in [0.25, 0.3) is 0 Å². The molecule has 0 rings (SSSR count). The number of Topliss-reactive ketones (excluding diaryl/α,β-unsaturated/α-hetero) is 1. The molecule has 0 aliphatic rings. The van der Waals surface area contributed by atoms with Crippen LogP contribution in [0.2, 0.25) is 0 Å². The van der Waals surface area contributed by atoms with Crippen LogP contribution in [0, 0.1) is 0 Å². The first-order chi connectivity index (χ1) is 12.4. The Kier molecular flexibility index (Phi) is 20.7. The smallest absolute Gasteiger partial charge is 0.290 e. The normalized spacial score (nSPS) is 12.1. The number of carbonyl (C=O) groups excluding carboxylic acids is 1. The first-order valence-electron chi connectivity index (χ1n) is 9.95. The van der Waals surface area contributed by atoms with E-state index in [0.29, 0.717) is 6.42 Å². The number of hydrogen-bond donors (Lipinski definition) is 0. The summed E-state index contributed by atoms with van der Waals surface area (Å²) < 4.78 is 35.6. The molecule has 0 N–H and O–H groups in total. The fourth-order valence-electron chi connectivity index (χ4n) is 2.03. The first-order valence-corrected chi connectivity index (χ1v) is 9.95. The van der Waals surface area contributed by atoms with Crippen LogP contribution in [0.15, 0.2) is 36.5 Å². The van der Waals surface area contributed by atoms with Gasteiger partial charge in [0.2, 0.25) is 5.78 Å². The van der Waals surface area contributed by atoms with E-state index in [2.05, 4.69) is 32.9 Å². The second kappa shape index (κ2) is 20.0. The van der Waals surface area contributed by atoms with Crippen molar-refractivity contribution in [2.24, 2.45) is 0 Å². The Hall–Kier alpha value is -1.32. The predicted molar refractivity (Wildman–Crippen MR) is 106 cm³/mol. The van der Waals surface area contributed by atoms with Gasteiger partial charge >= 0.3 is 6.18 Å². The summed E-state index contributed by atoms with van der Waals surface area (Å²) in [4.78, 5) is 10.6. The van der Waals surface area contributed by atoms with E-state index in [4.69, 9.17) is 0 Å². The van der Waals surface area contributed by atoms with Crippen molar-refractivity contribution in [3.63, 3.8) is 0 Å². The standard InChI is InChI=1S/C15H21F3O.C7H16/c1-2-3-4-5-6-7-8-9-10-11-12-13-14(19)15(16,17)18;1-3-5-7-6-4-2/h3-4,6-7,9-10H,2,5,8,11-13H2,1H3;3-7H2,1-2H3/b4-3-,7-6-,10-9-;. The molecule has 0 aromatic rings. The molecule has 0 saturated heterocycles. The van der Waals surface area contributed by atoms with E-state index in [1.807, 2.05) is 24.3 Å². The Bertz CT molecular complexity index is 389. The van der Waals surface area contributed by atoms with Crippen LogP contribution < -0.4 is 0 Å². The van der Waals surface area contributed by atoms with Crippen LogP contribution in [-0.4, -0.2) is 12.0 Å². The monoisotopic (exact) mass is 374 g/mol. The molecule has 0 aliphatic heterocycles. The molecule has 0 aromatic heterocycles. The molecule has 0 saturated carbocycles. The van der Waals surface area contributed by atoms with Gasteiger partial charge in [-0.3, -0.25) is 4.79 Å². The summed E-state index contributed by atoms with van der Waals surface area (Å²) >= 11 is 0. The number of halogens is 3. The van der Waals surface area contributed by atoms with E-state index in [1.54, 1.807) is 0 Å². The van der Waals surface area contributed by atoms with E-state index in [0.717, 1.165) is 19.3 Å². The highest BCUT2D eigenvalue weighted by Crippen LogP contribution is 2.19. The van der Waals surface area contributed by atoms with Gasteiger partial charge in [0.15, 0.2) is 0 Å². The average molecular weight is 375 g/mol. The molecule has 26 heavy (non-hydrogen) atoms. The molecule has 0 unspecified atom stereocenters. The molecule has 0 spiro atoms. The van der Waals surface area contributed by atoms with Crippen molar-refractivity contribution in [3.05, 3.63) is 36.5 Å². The quantitative estimate of drug-likeness (QED) is 0.235. The SMILES string of the molecule is CC/C=C\C/C=C\C/C=C\CCCC(=O)C(F)(F)F.CCCCCCC. The number of hydrogen-bond acceptors (Lipinski definition) is 1. The van der Waals surface area contributed by atoms with Crippen LogP contribution in [0.3, 0.4) is 0 Å². The maximum absolute atomic E-state index is 11.9. The summed E-state index contributed by atoms with van der Waals surface area (Å²) in [5.41, 5.74) is 0. The van der Waals surface area contributed by atoms with Gasteiger partial charge in [-0.1, -0.05) is 89.3 Å². The summed E-state index contributed by atoms with van der Waals surface area (Å²) in [6.45, 7) is 6.57. The lowest BCUT2D eigenvalue weighted by atomic mass is 10.1. The van der Waals surface area contributed by atoms with Crippen molar-refractivity contribution in [1.29, 1.82) is 0 Å². The molecular weight excluding hydrogens is 337 g/mol. The first kappa shape index (κ1) is 26.9. The molecule has 0 amide bonds. The number of unbranched alkanes of at least 4 members (excludes halogenated alkanes) is 5. The fraction of sp³-hybridized carbons (Fsp3) is 0.682. The Morgan fingerprint density at radius 3 is 1.69 bits per heavy atom. The summed E-state index contributed by atoms with van der Waals surface area (Å²) in [5.74, 6) is -1.64. The molecular formula is C22H37F3O. The van der Waals surface area contributed by atoms with E-state index >= 15 is 0 Å². The maximum Gasteiger partial charge on any atom is 0.449 e. The van der Waals surface area contributed by atoms with E-state index in [1.165, 1.54) is 32.1 Å². The third-order valence-electron chi connectivity index (χ3n) is 3.58. The predicted octanol–water partition coefficient (Wildman–Crippen LogP) is 8.12. The Morgan fingerprint density at radius 1 is 0.731 bits per heavy atom. The lowest BCUT2D eigenvalue weighted by molar-refractivity contribution is -0.171. The molecule has 0 bridgehead atoms. The van der Waals surface area contributed by atoms with Gasteiger partial charge < -0.3 is 0 Å². The van der Waals surface area contributed by atoms with Crippen LogP contribution >= 0.6 is 0 Å². The average Bonchev–Trinajstić information content (AvgIpc) is 2.59. The van der Waals surface area contributed by atoms with E-state index in [9.17, 15) is 18.0 Å². The summed E-state index contributed by atoms with van der Waals surface area (Å²) in [6.07, 6.45) is 17.3.